The number of rotatable bonds is 2. The second kappa shape index (κ2) is 1.97. The summed E-state index contributed by atoms with van der Waals surface area (Å²) in [4.78, 5) is 0. The summed E-state index contributed by atoms with van der Waals surface area (Å²) in [5, 5.41) is 0. The third-order valence-corrected chi connectivity index (χ3v) is 4.18. The Hall–Kier alpha value is 0.400. The van der Waals surface area contributed by atoms with Crippen molar-refractivity contribution in [2.45, 2.75) is 6.92 Å². The molecule has 8 heavy (non-hydrogen) atoms. The van der Waals surface area contributed by atoms with Crippen LogP contribution in [0.4, 0.5) is 0 Å². The second-order valence-corrected chi connectivity index (χ2v) is 7.65. The van der Waals surface area contributed by atoms with Gasteiger partial charge in [0.2, 0.25) is 0 Å². The number of hydrogen-bond acceptors (Lipinski definition) is 2. The average molecular weight is 159 g/mol. The lowest BCUT2D eigenvalue weighted by Crippen LogP contribution is -2.27. The Morgan fingerprint density at radius 3 is 2.12 bits per heavy atom. The van der Waals surface area contributed by atoms with Gasteiger partial charge in [0.15, 0.2) is 0 Å². The first-order valence-electron chi connectivity index (χ1n) is 2.30. The second-order valence-electron chi connectivity index (χ2n) is 1.77. The zero-order chi connectivity index (χ0) is 6.86. The fourth-order valence-electron chi connectivity index (χ4n) is 0.118. The van der Waals surface area contributed by atoms with Crippen LogP contribution in [0.5, 0.6) is 0 Å². The van der Waals surface area contributed by atoms with Crippen LogP contribution in [0.1, 0.15) is 6.92 Å². The molecule has 4 heteroatoms. The molecular formula is C4H11ClO2S. The fraction of sp³-hybridized carbons (Fsp3) is 1.00. The van der Waals surface area contributed by atoms with Gasteiger partial charge in [-0.1, -0.05) is 0 Å². The van der Waals surface area contributed by atoms with E-state index in [4.69, 9.17) is 10.7 Å². The monoisotopic (exact) mass is 158 g/mol. The van der Waals surface area contributed by atoms with E-state index in [1.807, 2.05) is 0 Å². The Morgan fingerprint density at radius 1 is 1.75 bits per heavy atom. The summed E-state index contributed by atoms with van der Waals surface area (Å²) in [5.41, 5.74) is 0. The molecule has 0 N–H and O–H groups in total. The summed E-state index contributed by atoms with van der Waals surface area (Å²) < 4.78 is 15.7. The Morgan fingerprint density at radius 2 is 2.12 bits per heavy atom. The molecule has 0 unspecified atom stereocenters. The highest BCUT2D eigenvalue weighted by atomic mass is 35.7. The lowest BCUT2D eigenvalue weighted by Gasteiger charge is -2.33. The molecule has 0 spiro atoms. The molecule has 0 aromatic carbocycles. The van der Waals surface area contributed by atoms with Crippen LogP contribution in [0.3, 0.4) is 0 Å². The van der Waals surface area contributed by atoms with Crippen molar-refractivity contribution in [2.75, 3.05) is 19.1 Å². The fourth-order valence-corrected chi connectivity index (χ4v) is 0.354. The maximum absolute atomic E-state index is 11.1. The molecule has 0 aliphatic carbocycles. The first kappa shape index (κ1) is 8.40. The molecule has 0 bridgehead atoms. The van der Waals surface area contributed by atoms with E-state index in [9.17, 15) is 4.21 Å². The van der Waals surface area contributed by atoms with Gasteiger partial charge in [0.25, 0.3) is 0 Å². The highest BCUT2D eigenvalue weighted by Crippen LogP contribution is 2.26. The first-order chi connectivity index (χ1) is 3.39. The van der Waals surface area contributed by atoms with E-state index in [0.29, 0.717) is 5.75 Å². The van der Waals surface area contributed by atoms with Crippen molar-refractivity contribution in [2.24, 2.45) is 0 Å². The standard InChI is InChI=1S/C4H11ClO2S/c1-4-8(3,5,6)7-2/h4H2,1-3H3. The zero-order valence-corrected chi connectivity index (χ0v) is 6.88. The van der Waals surface area contributed by atoms with Crippen LogP contribution in [0, 0.1) is 0 Å². The molecule has 0 amide bonds. The van der Waals surface area contributed by atoms with Gasteiger partial charge in [0.05, 0.1) is 7.11 Å². The molecular weight excluding hydrogens is 148 g/mol. The van der Waals surface area contributed by atoms with Crippen molar-refractivity contribution >= 4 is 19.2 Å². The van der Waals surface area contributed by atoms with Gasteiger partial charge in [0, 0.05) is 22.7 Å². The summed E-state index contributed by atoms with van der Waals surface area (Å²) in [6, 6.07) is 0. The van der Waals surface area contributed by atoms with E-state index >= 15 is 0 Å². The molecule has 0 aromatic rings. The van der Waals surface area contributed by atoms with E-state index < -0.39 is 8.56 Å². The van der Waals surface area contributed by atoms with Crippen molar-refractivity contribution in [3.05, 3.63) is 0 Å². The Kier molecular flexibility index (Phi) is 2.07. The summed E-state index contributed by atoms with van der Waals surface area (Å²) in [6.07, 6.45) is 1.42. The average Bonchev–Trinajstić information content (AvgIpc) is 1.68. The largest absolute Gasteiger partial charge is 0.278 e. The zero-order valence-electron chi connectivity index (χ0n) is 5.31. The smallest absolute Gasteiger partial charge is 0.0612 e. The van der Waals surface area contributed by atoms with Gasteiger partial charge < -0.3 is 0 Å². The maximum Gasteiger partial charge on any atom is 0.0612 e. The van der Waals surface area contributed by atoms with Crippen LogP contribution in [-0.4, -0.2) is 23.3 Å². The SMILES string of the molecule is CCS(C)(=O)(Cl)OC. The van der Waals surface area contributed by atoms with Gasteiger partial charge in [-0.05, 0) is 6.92 Å². The molecule has 0 fully saturated rings. The Balaban J connectivity index is 4.25. The molecule has 0 radical (unpaired) electrons. The van der Waals surface area contributed by atoms with E-state index in [2.05, 4.69) is 4.18 Å². The third-order valence-electron chi connectivity index (χ3n) is 1.05. The summed E-state index contributed by atoms with van der Waals surface area (Å²) in [7, 11) is 3.68. The van der Waals surface area contributed by atoms with Crippen LogP contribution < -0.4 is 0 Å². The van der Waals surface area contributed by atoms with Crippen molar-refractivity contribution in [1.29, 1.82) is 0 Å². The van der Waals surface area contributed by atoms with Gasteiger partial charge in [0.1, 0.15) is 0 Å². The minimum atomic E-state index is -3.16. The summed E-state index contributed by atoms with van der Waals surface area (Å²) in [6.45, 7) is 1.73. The minimum Gasteiger partial charge on any atom is -0.278 e. The third kappa shape index (κ3) is 2.64. The van der Waals surface area contributed by atoms with Gasteiger partial charge in [-0.25, -0.2) is 0 Å². The molecule has 0 saturated carbocycles. The highest BCUT2D eigenvalue weighted by molar-refractivity contribution is 8.34. The predicted octanol–water partition coefficient (Wildman–Crippen LogP) is 1.17. The van der Waals surface area contributed by atoms with Gasteiger partial charge in [-0.15, -0.1) is 8.56 Å². The molecule has 0 atom stereocenters. The van der Waals surface area contributed by atoms with Crippen molar-refractivity contribution in [3.63, 3.8) is 0 Å². The summed E-state index contributed by atoms with van der Waals surface area (Å²) in [5.74, 6) is 0.356. The number of halogens is 1. The lowest BCUT2D eigenvalue weighted by atomic mass is 11.0. The van der Waals surface area contributed by atoms with Crippen LogP contribution >= 0.6 is 10.7 Å². The maximum atomic E-state index is 11.1. The molecule has 0 aliphatic rings. The predicted molar refractivity (Wildman–Crippen MR) is 37.5 cm³/mol. The van der Waals surface area contributed by atoms with Crippen molar-refractivity contribution in [1.82, 2.24) is 0 Å². The summed E-state index contributed by atoms with van der Waals surface area (Å²) >= 11 is 0. The van der Waals surface area contributed by atoms with Crippen LogP contribution in [-0.2, 0) is 12.7 Å². The molecule has 2 nitrogen and oxygen atoms in total. The molecule has 0 saturated heterocycles. The molecule has 0 aliphatic heterocycles. The van der Waals surface area contributed by atoms with Crippen LogP contribution in [0.2, 0.25) is 0 Å². The lowest BCUT2D eigenvalue weighted by molar-refractivity contribution is 0.427. The Bertz CT molecular complexity index is 127. The van der Waals surface area contributed by atoms with Crippen LogP contribution in [0.25, 0.3) is 0 Å². The molecule has 0 aromatic heterocycles. The topological polar surface area (TPSA) is 26.3 Å². The van der Waals surface area contributed by atoms with E-state index in [0.717, 1.165) is 0 Å². The highest BCUT2D eigenvalue weighted by Gasteiger charge is 2.16. The van der Waals surface area contributed by atoms with Gasteiger partial charge >= 0.3 is 0 Å². The van der Waals surface area contributed by atoms with Crippen molar-refractivity contribution < 1.29 is 8.39 Å². The minimum absolute atomic E-state index is 0.356. The van der Waals surface area contributed by atoms with Gasteiger partial charge in [-0.2, -0.15) is 4.21 Å². The number of hydrogen-bond donors (Lipinski definition) is 0. The van der Waals surface area contributed by atoms with Crippen molar-refractivity contribution in [3.8, 4) is 0 Å². The van der Waals surface area contributed by atoms with Gasteiger partial charge in [-0.3, -0.25) is 4.18 Å². The van der Waals surface area contributed by atoms with E-state index in [1.165, 1.54) is 13.4 Å². The Labute approximate surface area is 54.3 Å². The quantitative estimate of drug-likeness (QED) is 0.564. The van der Waals surface area contributed by atoms with E-state index in [-0.39, 0.29) is 0 Å². The molecule has 52 valence electrons. The molecule has 0 rings (SSSR count). The normalized spacial score (nSPS) is 17.2. The first-order valence-corrected chi connectivity index (χ1v) is 5.59. The van der Waals surface area contributed by atoms with E-state index in [1.54, 1.807) is 6.92 Å². The molecule has 0 heterocycles. The van der Waals surface area contributed by atoms with Crippen LogP contribution in [0.15, 0.2) is 0 Å².